The summed E-state index contributed by atoms with van der Waals surface area (Å²) >= 11 is 3.17. The smallest absolute Gasteiger partial charge is 0.128 e. The lowest BCUT2D eigenvalue weighted by atomic mass is 10.0. The predicted octanol–water partition coefficient (Wildman–Crippen LogP) is 1.46. The van der Waals surface area contributed by atoms with Crippen LogP contribution in [0.2, 0.25) is 0 Å². The van der Waals surface area contributed by atoms with Crippen LogP contribution in [0.4, 0.5) is 4.39 Å². The van der Waals surface area contributed by atoms with Crippen molar-refractivity contribution in [2.45, 2.75) is 25.2 Å². The average Bonchev–Trinajstić information content (AvgIpc) is 2.28. The third-order valence-electron chi connectivity index (χ3n) is 2.41. The molecule has 0 radical (unpaired) electrons. The van der Waals surface area contributed by atoms with E-state index < -0.39 is 18.0 Å². The first-order valence-electron chi connectivity index (χ1n) is 5.00. The SMILES string of the molecule is NCc1ccc(C(O)C(O)CCBr)cc1F. The maximum atomic E-state index is 13.4. The van der Waals surface area contributed by atoms with Gasteiger partial charge in [0.05, 0.1) is 6.10 Å². The van der Waals surface area contributed by atoms with Crippen LogP contribution in [0.25, 0.3) is 0 Å². The fourth-order valence-corrected chi connectivity index (χ4v) is 1.87. The average molecular weight is 292 g/mol. The van der Waals surface area contributed by atoms with Gasteiger partial charge in [-0.05, 0) is 18.1 Å². The number of aliphatic hydroxyl groups excluding tert-OH is 2. The molecular weight excluding hydrogens is 277 g/mol. The molecule has 0 aliphatic rings. The first-order valence-corrected chi connectivity index (χ1v) is 6.12. The van der Waals surface area contributed by atoms with Crippen LogP contribution in [0, 0.1) is 5.82 Å². The highest BCUT2D eigenvalue weighted by Crippen LogP contribution is 2.21. The van der Waals surface area contributed by atoms with Gasteiger partial charge in [-0.2, -0.15) is 0 Å². The summed E-state index contributed by atoms with van der Waals surface area (Å²) in [5.74, 6) is -0.454. The molecule has 0 spiro atoms. The summed E-state index contributed by atoms with van der Waals surface area (Å²) in [5.41, 5.74) is 6.08. The minimum atomic E-state index is -1.07. The van der Waals surface area contributed by atoms with Crippen molar-refractivity contribution in [3.8, 4) is 0 Å². The van der Waals surface area contributed by atoms with E-state index in [1.807, 2.05) is 0 Å². The van der Waals surface area contributed by atoms with Crippen molar-refractivity contribution >= 4 is 15.9 Å². The summed E-state index contributed by atoms with van der Waals surface area (Å²) in [6, 6.07) is 4.31. The highest BCUT2D eigenvalue weighted by Gasteiger charge is 2.18. The van der Waals surface area contributed by atoms with Gasteiger partial charge in [0.2, 0.25) is 0 Å². The predicted molar refractivity (Wildman–Crippen MR) is 63.7 cm³/mol. The number of hydrogen-bond donors (Lipinski definition) is 3. The molecule has 0 saturated carbocycles. The van der Waals surface area contributed by atoms with E-state index >= 15 is 0 Å². The number of nitrogens with two attached hydrogens (primary N) is 1. The van der Waals surface area contributed by atoms with Crippen molar-refractivity contribution in [3.63, 3.8) is 0 Å². The quantitative estimate of drug-likeness (QED) is 0.720. The number of alkyl halides is 1. The molecule has 0 aromatic heterocycles. The first-order chi connectivity index (χ1) is 7.60. The van der Waals surface area contributed by atoms with Crippen molar-refractivity contribution in [2.24, 2.45) is 5.73 Å². The molecule has 0 aliphatic carbocycles. The number of hydrogen-bond acceptors (Lipinski definition) is 3. The fourth-order valence-electron chi connectivity index (χ4n) is 1.40. The Morgan fingerprint density at radius 2 is 2.06 bits per heavy atom. The van der Waals surface area contributed by atoms with E-state index in [1.165, 1.54) is 12.1 Å². The Kier molecular flexibility index (Phi) is 5.34. The van der Waals surface area contributed by atoms with Crippen LogP contribution in [-0.2, 0) is 6.54 Å². The van der Waals surface area contributed by atoms with Crippen molar-refractivity contribution in [1.29, 1.82) is 0 Å². The zero-order chi connectivity index (χ0) is 12.1. The Hall–Kier alpha value is -0.490. The van der Waals surface area contributed by atoms with Crippen LogP contribution in [0.5, 0.6) is 0 Å². The van der Waals surface area contributed by atoms with Gasteiger partial charge in [-0.25, -0.2) is 4.39 Å². The zero-order valence-electron chi connectivity index (χ0n) is 8.74. The highest BCUT2D eigenvalue weighted by atomic mass is 79.9. The molecule has 1 rings (SSSR count). The summed E-state index contributed by atoms with van der Waals surface area (Å²) in [6.07, 6.45) is -1.57. The van der Waals surface area contributed by atoms with E-state index in [2.05, 4.69) is 15.9 Å². The van der Waals surface area contributed by atoms with Crippen LogP contribution in [-0.4, -0.2) is 21.6 Å². The number of benzene rings is 1. The second kappa shape index (κ2) is 6.30. The first kappa shape index (κ1) is 13.6. The van der Waals surface area contributed by atoms with Gasteiger partial charge in [0.25, 0.3) is 0 Å². The Morgan fingerprint density at radius 3 is 2.56 bits per heavy atom. The zero-order valence-corrected chi connectivity index (χ0v) is 10.3. The molecule has 4 N–H and O–H groups in total. The van der Waals surface area contributed by atoms with Crippen molar-refractivity contribution < 1.29 is 14.6 Å². The van der Waals surface area contributed by atoms with Crippen LogP contribution < -0.4 is 5.73 Å². The van der Waals surface area contributed by atoms with E-state index in [-0.39, 0.29) is 6.54 Å². The molecule has 0 saturated heterocycles. The maximum absolute atomic E-state index is 13.4. The molecule has 0 aliphatic heterocycles. The molecule has 0 heterocycles. The van der Waals surface area contributed by atoms with E-state index in [9.17, 15) is 14.6 Å². The molecule has 0 amide bonds. The largest absolute Gasteiger partial charge is 0.390 e. The second-order valence-electron chi connectivity index (χ2n) is 3.54. The van der Waals surface area contributed by atoms with Gasteiger partial charge >= 0.3 is 0 Å². The summed E-state index contributed by atoms with van der Waals surface area (Å²) in [7, 11) is 0. The van der Waals surface area contributed by atoms with Crippen molar-refractivity contribution in [2.75, 3.05) is 5.33 Å². The van der Waals surface area contributed by atoms with E-state index in [0.29, 0.717) is 22.9 Å². The monoisotopic (exact) mass is 291 g/mol. The lowest BCUT2D eigenvalue weighted by molar-refractivity contribution is 0.0172. The van der Waals surface area contributed by atoms with E-state index in [4.69, 9.17) is 5.73 Å². The molecule has 16 heavy (non-hydrogen) atoms. The molecular formula is C11H15BrFNO2. The number of rotatable bonds is 5. The van der Waals surface area contributed by atoms with Crippen LogP contribution in [0.1, 0.15) is 23.7 Å². The summed E-state index contributed by atoms with van der Waals surface area (Å²) < 4.78 is 13.4. The van der Waals surface area contributed by atoms with Gasteiger partial charge in [-0.15, -0.1) is 0 Å². The van der Waals surface area contributed by atoms with Gasteiger partial charge in [0.15, 0.2) is 0 Å². The minimum absolute atomic E-state index is 0.117. The lowest BCUT2D eigenvalue weighted by Crippen LogP contribution is -2.19. The molecule has 5 heteroatoms. The maximum Gasteiger partial charge on any atom is 0.128 e. The van der Waals surface area contributed by atoms with Crippen LogP contribution in [0.3, 0.4) is 0 Å². The fraction of sp³-hybridized carbons (Fsp3) is 0.455. The summed E-state index contributed by atoms with van der Waals surface area (Å²) in [4.78, 5) is 0. The van der Waals surface area contributed by atoms with Gasteiger partial charge in [0, 0.05) is 17.4 Å². The third-order valence-corrected chi connectivity index (χ3v) is 2.87. The summed E-state index contributed by atoms with van der Waals surface area (Å²) in [6.45, 7) is 0.117. The van der Waals surface area contributed by atoms with Crippen molar-refractivity contribution in [1.82, 2.24) is 0 Å². The van der Waals surface area contributed by atoms with Gasteiger partial charge < -0.3 is 15.9 Å². The van der Waals surface area contributed by atoms with E-state index in [0.717, 1.165) is 0 Å². The molecule has 3 nitrogen and oxygen atoms in total. The Labute approximate surface area is 102 Å². The molecule has 0 bridgehead atoms. The molecule has 1 aromatic rings. The second-order valence-corrected chi connectivity index (χ2v) is 4.34. The van der Waals surface area contributed by atoms with Gasteiger partial charge in [-0.1, -0.05) is 28.1 Å². The third kappa shape index (κ3) is 3.25. The van der Waals surface area contributed by atoms with Crippen LogP contribution in [0.15, 0.2) is 18.2 Å². The Morgan fingerprint density at radius 1 is 1.38 bits per heavy atom. The van der Waals surface area contributed by atoms with Gasteiger partial charge in [-0.3, -0.25) is 0 Å². The Balaban J connectivity index is 2.84. The topological polar surface area (TPSA) is 66.5 Å². The van der Waals surface area contributed by atoms with Gasteiger partial charge in [0.1, 0.15) is 11.9 Å². The molecule has 0 fully saturated rings. The normalized spacial score (nSPS) is 14.8. The Bertz CT molecular complexity index is 349. The summed E-state index contributed by atoms with van der Waals surface area (Å²) in [5, 5.41) is 19.9. The van der Waals surface area contributed by atoms with Crippen molar-refractivity contribution in [3.05, 3.63) is 35.1 Å². The lowest BCUT2D eigenvalue weighted by Gasteiger charge is -2.17. The molecule has 1 aromatic carbocycles. The van der Waals surface area contributed by atoms with E-state index in [1.54, 1.807) is 6.07 Å². The standard InChI is InChI=1S/C11H15BrFNO2/c12-4-3-10(15)11(16)7-1-2-8(6-14)9(13)5-7/h1-2,5,10-11,15-16H,3-4,6,14H2. The highest BCUT2D eigenvalue weighted by molar-refractivity contribution is 9.09. The molecule has 2 unspecified atom stereocenters. The number of halogens is 2. The van der Waals surface area contributed by atoms with Crippen LogP contribution >= 0.6 is 15.9 Å². The molecule has 90 valence electrons. The number of aliphatic hydroxyl groups is 2. The minimum Gasteiger partial charge on any atom is -0.390 e. The molecule has 2 atom stereocenters.